The van der Waals surface area contributed by atoms with E-state index in [0.29, 0.717) is 6.61 Å². The van der Waals surface area contributed by atoms with Gasteiger partial charge in [0.15, 0.2) is 0 Å². The lowest BCUT2D eigenvalue weighted by Crippen LogP contribution is -2.39. The minimum Gasteiger partial charge on any atom is -0.480 e. The second-order valence-electron chi connectivity index (χ2n) is 3.47. The summed E-state index contributed by atoms with van der Waals surface area (Å²) in [5.74, 6) is -1.28. The van der Waals surface area contributed by atoms with E-state index >= 15 is 0 Å². The van der Waals surface area contributed by atoms with Crippen molar-refractivity contribution in [2.24, 2.45) is 0 Å². The van der Waals surface area contributed by atoms with E-state index in [1.54, 1.807) is 0 Å². The highest BCUT2D eigenvalue weighted by Gasteiger charge is 2.21. The maximum Gasteiger partial charge on any atom is 0.325 e. The fourth-order valence-corrected chi connectivity index (χ4v) is 1.37. The number of rotatable bonds is 4. The van der Waals surface area contributed by atoms with Crippen LogP contribution in [0, 0.1) is 0 Å². The lowest BCUT2D eigenvalue weighted by atomic mass is 10.1. The molecule has 0 bridgehead atoms. The first-order valence-electron chi connectivity index (χ1n) is 4.73. The molecule has 1 fully saturated rings. The summed E-state index contributed by atoms with van der Waals surface area (Å²) in [7, 11) is 0. The molecule has 0 aromatic heterocycles. The number of carboxylic acids is 1. The third-order valence-corrected chi connectivity index (χ3v) is 2.18. The Balaban J connectivity index is 2.24. The largest absolute Gasteiger partial charge is 0.480 e. The van der Waals surface area contributed by atoms with Crippen LogP contribution in [0.2, 0.25) is 0 Å². The lowest BCUT2D eigenvalue weighted by molar-refractivity contribution is -0.141. The van der Waals surface area contributed by atoms with Gasteiger partial charge in [-0.15, -0.1) is 0 Å². The molecular formula is C9H15NO4. The van der Waals surface area contributed by atoms with Crippen molar-refractivity contribution in [1.82, 2.24) is 5.32 Å². The van der Waals surface area contributed by atoms with Gasteiger partial charge in [0, 0.05) is 6.61 Å². The summed E-state index contributed by atoms with van der Waals surface area (Å²) in [4.78, 5) is 21.7. The van der Waals surface area contributed by atoms with Crippen LogP contribution in [0.3, 0.4) is 0 Å². The molecule has 1 amide bonds. The zero-order valence-corrected chi connectivity index (χ0v) is 8.16. The average molecular weight is 201 g/mol. The summed E-state index contributed by atoms with van der Waals surface area (Å²) < 4.78 is 5.26. The van der Waals surface area contributed by atoms with Crippen LogP contribution in [-0.2, 0) is 14.3 Å². The predicted octanol–water partition coefficient (Wildman–Crippen LogP) is 0.145. The number of aliphatic carboxylic acids is 1. The first-order chi connectivity index (χ1) is 6.59. The fourth-order valence-electron chi connectivity index (χ4n) is 1.37. The van der Waals surface area contributed by atoms with Crippen molar-refractivity contribution in [2.75, 3.05) is 6.61 Å². The van der Waals surface area contributed by atoms with Crippen molar-refractivity contribution < 1.29 is 19.4 Å². The molecule has 1 saturated heterocycles. The highest BCUT2D eigenvalue weighted by molar-refractivity contribution is 5.83. The van der Waals surface area contributed by atoms with Gasteiger partial charge in [0.1, 0.15) is 6.04 Å². The molecule has 0 aromatic carbocycles. The molecule has 1 aliphatic heterocycles. The lowest BCUT2D eigenvalue weighted by Gasteiger charge is -2.12. The molecule has 5 heteroatoms. The molecule has 2 N–H and O–H groups in total. The van der Waals surface area contributed by atoms with Gasteiger partial charge >= 0.3 is 5.97 Å². The van der Waals surface area contributed by atoms with E-state index < -0.39 is 12.0 Å². The van der Waals surface area contributed by atoms with Gasteiger partial charge in [-0.1, -0.05) is 0 Å². The van der Waals surface area contributed by atoms with Gasteiger partial charge in [-0.05, 0) is 19.8 Å². The summed E-state index contributed by atoms with van der Waals surface area (Å²) in [5, 5.41) is 10.9. The van der Waals surface area contributed by atoms with Crippen LogP contribution in [0.15, 0.2) is 0 Å². The minimum atomic E-state index is -1.02. The van der Waals surface area contributed by atoms with Crippen molar-refractivity contribution >= 4 is 11.9 Å². The first kappa shape index (κ1) is 11.0. The number of nitrogens with one attached hydrogen (secondary N) is 1. The van der Waals surface area contributed by atoms with Crippen LogP contribution in [0.4, 0.5) is 0 Å². The van der Waals surface area contributed by atoms with Gasteiger partial charge in [0.05, 0.1) is 12.5 Å². The SMILES string of the molecule is C[C@H](NC(=O)CC1CCCO1)C(=O)O. The summed E-state index contributed by atoms with van der Waals surface area (Å²) in [6.07, 6.45) is 2.09. The van der Waals surface area contributed by atoms with Crippen molar-refractivity contribution in [3.63, 3.8) is 0 Å². The third-order valence-electron chi connectivity index (χ3n) is 2.18. The molecule has 1 unspecified atom stereocenters. The number of carbonyl (C=O) groups excluding carboxylic acids is 1. The van der Waals surface area contributed by atoms with Crippen molar-refractivity contribution in [3.05, 3.63) is 0 Å². The van der Waals surface area contributed by atoms with E-state index in [0.717, 1.165) is 12.8 Å². The van der Waals surface area contributed by atoms with Crippen LogP contribution in [0.25, 0.3) is 0 Å². The van der Waals surface area contributed by atoms with E-state index in [9.17, 15) is 9.59 Å². The number of carboxylic acid groups (broad SMARTS) is 1. The van der Waals surface area contributed by atoms with E-state index in [2.05, 4.69) is 5.32 Å². The molecule has 1 aliphatic rings. The van der Waals surface area contributed by atoms with Gasteiger partial charge in [0.2, 0.25) is 5.91 Å². The Kier molecular flexibility index (Phi) is 3.88. The monoisotopic (exact) mass is 201 g/mol. The number of ether oxygens (including phenoxy) is 1. The summed E-state index contributed by atoms with van der Waals surface area (Å²) in [6, 6.07) is -0.830. The number of amides is 1. The van der Waals surface area contributed by atoms with Crippen LogP contribution in [0.5, 0.6) is 0 Å². The molecule has 14 heavy (non-hydrogen) atoms. The smallest absolute Gasteiger partial charge is 0.325 e. The Morgan fingerprint density at radius 2 is 2.36 bits per heavy atom. The Hall–Kier alpha value is -1.10. The summed E-state index contributed by atoms with van der Waals surface area (Å²) >= 11 is 0. The zero-order chi connectivity index (χ0) is 10.6. The molecule has 1 rings (SSSR count). The maximum atomic E-state index is 11.3. The fraction of sp³-hybridized carbons (Fsp3) is 0.778. The highest BCUT2D eigenvalue weighted by atomic mass is 16.5. The molecule has 1 heterocycles. The molecule has 0 saturated carbocycles. The Bertz CT molecular complexity index is 223. The second-order valence-corrected chi connectivity index (χ2v) is 3.47. The third kappa shape index (κ3) is 3.33. The van der Waals surface area contributed by atoms with Crippen LogP contribution in [-0.4, -0.2) is 35.7 Å². The van der Waals surface area contributed by atoms with Crippen LogP contribution in [0.1, 0.15) is 26.2 Å². The number of hydrogen-bond donors (Lipinski definition) is 2. The molecule has 80 valence electrons. The number of hydrogen-bond acceptors (Lipinski definition) is 3. The van der Waals surface area contributed by atoms with Gasteiger partial charge in [-0.25, -0.2) is 0 Å². The zero-order valence-electron chi connectivity index (χ0n) is 8.16. The van der Waals surface area contributed by atoms with Gasteiger partial charge in [-0.3, -0.25) is 9.59 Å². The highest BCUT2D eigenvalue weighted by Crippen LogP contribution is 2.14. The predicted molar refractivity (Wildman–Crippen MR) is 48.8 cm³/mol. The maximum absolute atomic E-state index is 11.3. The molecule has 0 radical (unpaired) electrons. The summed E-state index contributed by atoms with van der Waals surface area (Å²) in [6.45, 7) is 2.14. The van der Waals surface area contributed by atoms with Crippen molar-refractivity contribution in [3.8, 4) is 0 Å². The Morgan fingerprint density at radius 1 is 1.64 bits per heavy atom. The standard InChI is InChI=1S/C9H15NO4/c1-6(9(12)13)10-8(11)5-7-3-2-4-14-7/h6-7H,2-5H2,1H3,(H,10,11)(H,12,13)/t6-,7?/m0/s1. The van der Waals surface area contributed by atoms with Gasteiger partial charge in [-0.2, -0.15) is 0 Å². The molecular weight excluding hydrogens is 186 g/mol. The van der Waals surface area contributed by atoms with E-state index in [4.69, 9.17) is 9.84 Å². The minimum absolute atomic E-state index is 0.0315. The molecule has 0 aliphatic carbocycles. The summed E-state index contributed by atoms with van der Waals surface area (Å²) in [5.41, 5.74) is 0. The topological polar surface area (TPSA) is 75.6 Å². The molecule has 0 aromatic rings. The molecule has 5 nitrogen and oxygen atoms in total. The van der Waals surface area contributed by atoms with Gasteiger partial charge < -0.3 is 15.2 Å². The van der Waals surface area contributed by atoms with Crippen molar-refractivity contribution in [1.29, 1.82) is 0 Å². The normalized spacial score (nSPS) is 23.1. The average Bonchev–Trinajstić information content (AvgIpc) is 2.56. The quantitative estimate of drug-likeness (QED) is 0.678. The molecule has 0 spiro atoms. The Morgan fingerprint density at radius 3 is 2.86 bits per heavy atom. The first-order valence-corrected chi connectivity index (χ1v) is 4.73. The van der Waals surface area contributed by atoms with Gasteiger partial charge in [0.25, 0.3) is 0 Å². The van der Waals surface area contributed by atoms with Crippen molar-refractivity contribution in [2.45, 2.75) is 38.3 Å². The number of carbonyl (C=O) groups is 2. The van der Waals surface area contributed by atoms with Crippen LogP contribution < -0.4 is 5.32 Å². The van der Waals surface area contributed by atoms with E-state index in [1.165, 1.54) is 6.92 Å². The second kappa shape index (κ2) is 4.95. The van der Waals surface area contributed by atoms with Crippen LogP contribution >= 0.6 is 0 Å². The van der Waals surface area contributed by atoms with E-state index in [-0.39, 0.29) is 18.4 Å². The Labute approximate surface area is 82.4 Å². The molecule has 2 atom stereocenters. The van der Waals surface area contributed by atoms with E-state index in [1.807, 2.05) is 0 Å².